The zero-order valence-electron chi connectivity index (χ0n) is 11.1. The van der Waals surface area contributed by atoms with Crippen molar-refractivity contribution in [2.24, 2.45) is 0 Å². The standard InChI is InChI=1S/C14H19F3N2O/c15-14(16,17)11-6-3-5-10(13(11)18)12(20)8-9-4-1-2-7-19-9/h3,5-6,9,12,19-20H,1-2,4,7-8,18H2. The van der Waals surface area contributed by atoms with E-state index in [1.54, 1.807) is 0 Å². The molecule has 0 spiro atoms. The Bertz CT molecular complexity index is 456. The number of alkyl halides is 3. The monoisotopic (exact) mass is 288 g/mol. The maximum Gasteiger partial charge on any atom is 0.418 e. The summed E-state index contributed by atoms with van der Waals surface area (Å²) in [5.74, 6) is 0. The molecule has 20 heavy (non-hydrogen) atoms. The predicted molar refractivity (Wildman–Crippen MR) is 71.1 cm³/mol. The lowest BCUT2D eigenvalue weighted by atomic mass is 9.94. The third kappa shape index (κ3) is 3.43. The highest BCUT2D eigenvalue weighted by molar-refractivity contribution is 5.56. The second-order valence-electron chi connectivity index (χ2n) is 5.20. The topological polar surface area (TPSA) is 58.3 Å². The molecule has 4 N–H and O–H groups in total. The van der Waals surface area contributed by atoms with Gasteiger partial charge in [0.1, 0.15) is 0 Å². The summed E-state index contributed by atoms with van der Waals surface area (Å²) in [5.41, 5.74) is 4.48. The number of benzene rings is 1. The zero-order chi connectivity index (χ0) is 14.8. The Kier molecular flexibility index (Phi) is 4.55. The van der Waals surface area contributed by atoms with Gasteiger partial charge in [0, 0.05) is 17.3 Å². The molecule has 0 saturated carbocycles. The van der Waals surface area contributed by atoms with Crippen LogP contribution < -0.4 is 11.1 Å². The first-order valence-corrected chi connectivity index (χ1v) is 6.76. The average Bonchev–Trinajstić information content (AvgIpc) is 2.38. The molecule has 1 aromatic carbocycles. The summed E-state index contributed by atoms with van der Waals surface area (Å²) in [6, 6.07) is 3.81. The fourth-order valence-corrected chi connectivity index (χ4v) is 2.64. The van der Waals surface area contributed by atoms with Crippen LogP contribution in [0.3, 0.4) is 0 Å². The molecule has 1 saturated heterocycles. The van der Waals surface area contributed by atoms with E-state index in [1.165, 1.54) is 12.1 Å². The summed E-state index contributed by atoms with van der Waals surface area (Å²) in [5, 5.41) is 13.4. The average molecular weight is 288 g/mol. The molecule has 1 aliphatic heterocycles. The van der Waals surface area contributed by atoms with E-state index in [9.17, 15) is 18.3 Å². The van der Waals surface area contributed by atoms with Gasteiger partial charge in [-0.3, -0.25) is 0 Å². The van der Waals surface area contributed by atoms with E-state index in [1.807, 2.05) is 0 Å². The highest BCUT2D eigenvalue weighted by Crippen LogP contribution is 2.37. The summed E-state index contributed by atoms with van der Waals surface area (Å²) in [6.45, 7) is 0.884. The van der Waals surface area contributed by atoms with Crippen LogP contribution in [0.2, 0.25) is 0 Å². The SMILES string of the molecule is Nc1c(C(O)CC2CCCCN2)cccc1C(F)(F)F. The molecular formula is C14H19F3N2O. The number of rotatable bonds is 3. The summed E-state index contributed by atoms with van der Waals surface area (Å²) >= 11 is 0. The molecule has 0 aromatic heterocycles. The van der Waals surface area contributed by atoms with Gasteiger partial charge >= 0.3 is 6.18 Å². The summed E-state index contributed by atoms with van der Waals surface area (Å²) in [6.07, 6.45) is -2.00. The maximum absolute atomic E-state index is 12.8. The first-order valence-electron chi connectivity index (χ1n) is 6.76. The summed E-state index contributed by atoms with van der Waals surface area (Å²) < 4.78 is 38.3. The van der Waals surface area contributed by atoms with Gasteiger partial charge in [-0.15, -0.1) is 0 Å². The van der Waals surface area contributed by atoms with Crippen molar-refractivity contribution in [3.05, 3.63) is 29.3 Å². The summed E-state index contributed by atoms with van der Waals surface area (Å²) in [7, 11) is 0. The Balaban J connectivity index is 2.15. The fraction of sp³-hybridized carbons (Fsp3) is 0.571. The Morgan fingerprint density at radius 3 is 2.70 bits per heavy atom. The number of aliphatic hydroxyl groups is 1. The lowest BCUT2D eigenvalue weighted by Crippen LogP contribution is -2.35. The van der Waals surface area contributed by atoms with E-state index in [2.05, 4.69) is 5.32 Å². The van der Waals surface area contributed by atoms with Crippen LogP contribution in [0.1, 0.15) is 42.9 Å². The van der Waals surface area contributed by atoms with Crippen LogP contribution in [0, 0.1) is 0 Å². The minimum Gasteiger partial charge on any atom is -0.398 e. The number of hydrogen-bond acceptors (Lipinski definition) is 3. The molecule has 0 bridgehead atoms. The molecule has 1 aliphatic rings. The van der Waals surface area contributed by atoms with Gasteiger partial charge in [-0.2, -0.15) is 13.2 Å². The fourth-order valence-electron chi connectivity index (χ4n) is 2.64. The Morgan fingerprint density at radius 2 is 2.10 bits per heavy atom. The van der Waals surface area contributed by atoms with Gasteiger partial charge in [0.2, 0.25) is 0 Å². The van der Waals surface area contributed by atoms with Gasteiger partial charge in [-0.05, 0) is 31.9 Å². The number of piperidine rings is 1. The number of para-hydroxylation sites is 1. The van der Waals surface area contributed by atoms with Crippen molar-refractivity contribution >= 4 is 5.69 Å². The molecule has 1 fully saturated rings. The van der Waals surface area contributed by atoms with Crippen LogP contribution in [0.5, 0.6) is 0 Å². The molecule has 6 heteroatoms. The van der Waals surface area contributed by atoms with Gasteiger partial charge < -0.3 is 16.2 Å². The van der Waals surface area contributed by atoms with Crippen molar-refractivity contribution in [3.8, 4) is 0 Å². The molecule has 112 valence electrons. The Hall–Kier alpha value is -1.27. The van der Waals surface area contributed by atoms with Crippen molar-refractivity contribution in [3.63, 3.8) is 0 Å². The second-order valence-corrected chi connectivity index (χ2v) is 5.20. The first kappa shape index (κ1) is 15.1. The van der Waals surface area contributed by atoms with Crippen molar-refractivity contribution in [1.29, 1.82) is 0 Å². The number of hydrogen-bond donors (Lipinski definition) is 3. The number of aliphatic hydroxyl groups excluding tert-OH is 1. The van der Waals surface area contributed by atoms with E-state index in [-0.39, 0.29) is 17.3 Å². The van der Waals surface area contributed by atoms with Crippen LogP contribution in [0.15, 0.2) is 18.2 Å². The number of nitrogens with one attached hydrogen (secondary N) is 1. The Labute approximate surface area is 116 Å². The minimum atomic E-state index is -4.50. The van der Waals surface area contributed by atoms with E-state index in [4.69, 9.17) is 5.73 Å². The third-order valence-electron chi connectivity index (χ3n) is 3.72. The van der Waals surface area contributed by atoms with Gasteiger partial charge in [0.15, 0.2) is 0 Å². The molecule has 1 heterocycles. The molecular weight excluding hydrogens is 269 g/mol. The number of nitrogen functional groups attached to an aromatic ring is 1. The maximum atomic E-state index is 12.8. The van der Waals surface area contributed by atoms with Crippen LogP contribution in [-0.4, -0.2) is 17.7 Å². The molecule has 3 nitrogen and oxygen atoms in total. The second kappa shape index (κ2) is 6.01. The smallest absolute Gasteiger partial charge is 0.398 e. The predicted octanol–water partition coefficient (Wildman–Crippen LogP) is 2.85. The molecule has 2 atom stereocenters. The Morgan fingerprint density at radius 1 is 1.35 bits per heavy atom. The normalized spacial score (nSPS) is 21.7. The van der Waals surface area contributed by atoms with Crippen molar-refractivity contribution < 1.29 is 18.3 Å². The van der Waals surface area contributed by atoms with Crippen molar-refractivity contribution in [2.45, 2.75) is 44.0 Å². The molecule has 0 amide bonds. The van der Waals surface area contributed by atoms with Crippen molar-refractivity contribution in [1.82, 2.24) is 5.32 Å². The van der Waals surface area contributed by atoms with Gasteiger partial charge in [0.25, 0.3) is 0 Å². The third-order valence-corrected chi connectivity index (χ3v) is 3.72. The quantitative estimate of drug-likeness (QED) is 0.750. The first-order chi connectivity index (χ1) is 9.39. The highest BCUT2D eigenvalue weighted by Gasteiger charge is 2.34. The lowest BCUT2D eigenvalue weighted by Gasteiger charge is -2.26. The molecule has 0 aliphatic carbocycles. The van der Waals surface area contributed by atoms with Gasteiger partial charge in [-0.1, -0.05) is 18.6 Å². The number of halogens is 3. The number of nitrogens with two attached hydrogens (primary N) is 1. The minimum absolute atomic E-state index is 0.132. The number of anilines is 1. The molecule has 2 rings (SSSR count). The highest BCUT2D eigenvalue weighted by atomic mass is 19.4. The van der Waals surface area contributed by atoms with Gasteiger partial charge in [0.05, 0.1) is 11.7 Å². The van der Waals surface area contributed by atoms with E-state index in [0.717, 1.165) is 31.9 Å². The van der Waals surface area contributed by atoms with E-state index < -0.39 is 17.8 Å². The largest absolute Gasteiger partial charge is 0.418 e. The van der Waals surface area contributed by atoms with Crippen molar-refractivity contribution in [2.75, 3.05) is 12.3 Å². The molecule has 2 unspecified atom stereocenters. The van der Waals surface area contributed by atoms with E-state index in [0.29, 0.717) is 6.42 Å². The lowest BCUT2D eigenvalue weighted by molar-refractivity contribution is -0.137. The van der Waals surface area contributed by atoms with Crippen LogP contribution in [-0.2, 0) is 6.18 Å². The van der Waals surface area contributed by atoms with Crippen LogP contribution in [0.25, 0.3) is 0 Å². The van der Waals surface area contributed by atoms with Crippen LogP contribution >= 0.6 is 0 Å². The summed E-state index contributed by atoms with van der Waals surface area (Å²) in [4.78, 5) is 0. The zero-order valence-corrected chi connectivity index (χ0v) is 11.1. The molecule has 1 aromatic rings. The molecule has 0 radical (unpaired) electrons. The van der Waals surface area contributed by atoms with Crippen LogP contribution in [0.4, 0.5) is 18.9 Å². The van der Waals surface area contributed by atoms with E-state index >= 15 is 0 Å². The van der Waals surface area contributed by atoms with Gasteiger partial charge in [-0.25, -0.2) is 0 Å².